The van der Waals surface area contributed by atoms with Crippen LogP contribution in [0.3, 0.4) is 0 Å². The van der Waals surface area contributed by atoms with Gasteiger partial charge in [-0.05, 0) is 57.2 Å². The van der Waals surface area contributed by atoms with Crippen LogP contribution in [0.5, 0.6) is 5.75 Å². The van der Waals surface area contributed by atoms with Gasteiger partial charge in [0.05, 0.1) is 11.6 Å². The lowest BCUT2D eigenvalue weighted by Gasteiger charge is -2.26. The summed E-state index contributed by atoms with van der Waals surface area (Å²) in [5, 5.41) is 17.4. The first kappa shape index (κ1) is 18.5. The highest BCUT2D eigenvalue weighted by Crippen LogP contribution is 2.32. The van der Waals surface area contributed by atoms with Crippen LogP contribution in [-0.2, 0) is 12.1 Å². The highest BCUT2D eigenvalue weighted by Gasteiger charge is 2.32. The van der Waals surface area contributed by atoms with Crippen molar-refractivity contribution in [1.82, 2.24) is 14.8 Å². The van der Waals surface area contributed by atoms with E-state index in [1.54, 1.807) is 38.1 Å². The summed E-state index contributed by atoms with van der Waals surface area (Å²) < 4.78 is 35.5. The molecule has 27 heavy (non-hydrogen) atoms. The zero-order valence-electron chi connectivity index (χ0n) is 15.2. The average Bonchev–Trinajstić information content (AvgIpc) is 3.10. The monoisotopic (exact) mass is 368 g/mol. The molecule has 0 aliphatic heterocycles. The van der Waals surface area contributed by atoms with Crippen LogP contribution in [0.1, 0.15) is 32.2 Å². The van der Waals surface area contributed by atoms with Gasteiger partial charge in [-0.15, -0.1) is 10.2 Å². The standard InChI is InChI=1S/C20H18F2N4O/c1-4-26-18(14-10-8-13(12-23)9-11-14)24-25-19(26)20(2,3)27-17-15(21)6-5-7-16(17)22/h5-11H,4H2,1-3H3. The smallest absolute Gasteiger partial charge is 0.192 e. The van der Waals surface area contributed by atoms with E-state index in [4.69, 9.17) is 10.00 Å². The van der Waals surface area contributed by atoms with E-state index in [0.29, 0.717) is 23.8 Å². The van der Waals surface area contributed by atoms with Gasteiger partial charge in [0, 0.05) is 12.1 Å². The zero-order valence-corrected chi connectivity index (χ0v) is 15.2. The molecule has 0 bridgehead atoms. The molecule has 0 aliphatic carbocycles. The first-order valence-corrected chi connectivity index (χ1v) is 8.44. The molecule has 0 saturated carbocycles. The number of nitrogens with zero attached hydrogens (tertiary/aromatic N) is 4. The Morgan fingerprint density at radius 1 is 1.07 bits per heavy atom. The highest BCUT2D eigenvalue weighted by atomic mass is 19.1. The van der Waals surface area contributed by atoms with Crippen molar-refractivity contribution in [3.63, 3.8) is 0 Å². The van der Waals surface area contributed by atoms with Gasteiger partial charge in [-0.2, -0.15) is 5.26 Å². The minimum atomic E-state index is -1.13. The van der Waals surface area contributed by atoms with Crippen molar-refractivity contribution in [2.45, 2.75) is 32.9 Å². The van der Waals surface area contributed by atoms with Crippen molar-refractivity contribution >= 4 is 0 Å². The summed E-state index contributed by atoms with van der Waals surface area (Å²) >= 11 is 0. The number of hydrogen-bond donors (Lipinski definition) is 0. The van der Waals surface area contributed by atoms with Gasteiger partial charge in [-0.25, -0.2) is 8.78 Å². The van der Waals surface area contributed by atoms with Gasteiger partial charge < -0.3 is 9.30 Å². The summed E-state index contributed by atoms with van der Waals surface area (Å²) in [6.07, 6.45) is 0. The van der Waals surface area contributed by atoms with Gasteiger partial charge in [0.15, 0.2) is 34.6 Å². The van der Waals surface area contributed by atoms with Crippen molar-refractivity contribution in [2.24, 2.45) is 0 Å². The van der Waals surface area contributed by atoms with Crippen LogP contribution in [0, 0.1) is 23.0 Å². The molecule has 0 fully saturated rings. The van der Waals surface area contributed by atoms with E-state index in [9.17, 15) is 8.78 Å². The molecule has 0 spiro atoms. The maximum absolute atomic E-state index is 14.0. The molecule has 0 saturated heterocycles. The Bertz CT molecular complexity index is 984. The van der Waals surface area contributed by atoms with E-state index >= 15 is 0 Å². The fourth-order valence-corrected chi connectivity index (χ4v) is 2.84. The number of ether oxygens (including phenoxy) is 1. The van der Waals surface area contributed by atoms with Crippen molar-refractivity contribution in [2.75, 3.05) is 0 Å². The lowest BCUT2D eigenvalue weighted by Crippen LogP contribution is -2.30. The van der Waals surface area contributed by atoms with Crippen molar-refractivity contribution in [3.8, 4) is 23.2 Å². The maximum atomic E-state index is 14.0. The Morgan fingerprint density at radius 2 is 1.70 bits per heavy atom. The van der Waals surface area contributed by atoms with Gasteiger partial charge in [-0.1, -0.05) is 6.07 Å². The Balaban J connectivity index is 2.01. The summed E-state index contributed by atoms with van der Waals surface area (Å²) in [5.41, 5.74) is 0.194. The summed E-state index contributed by atoms with van der Waals surface area (Å²) in [6, 6.07) is 12.6. The SMILES string of the molecule is CCn1c(-c2ccc(C#N)cc2)nnc1C(C)(C)Oc1c(F)cccc1F. The Labute approximate surface area is 155 Å². The van der Waals surface area contributed by atoms with Gasteiger partial charge in [0.1, 0.15) is 0 Å². The van der Waals surface area contributed by atoms with Gasteiger partial charge in [0.25, 0.3) is 0 Å². The largest absolute Gasteiger partial charge is 0.474 e. The van der Waals surface area contributed by atoms with Crippen molar-refractivity contribution in [3.05, 3.63) is 65.5 Å². The quantitative estimate of drug-likeness (QED) is 0.668. The van der Waals surface area contributed by atoms with Crippen LogP contribution in [-0.4, -0.2) is 14.8 Å². The molecule has 2 aromatic carbocycles. The molecule has 0 radical (unpaired) electrons. The zero-order chi connectivity index (χ0) is 19.6. The lowest BCUT2D eigenvalue weighted by atomic mass is 10.1. The van der Waals surface area contributed by atoms with Crippen molar-refractivity contribution in [1.29, 1.82) is 5.26 Å². The number of benzene rings is 2. The molecule has 3 aromatic rings. The molecule has 5 nitrogen and oxygen atoms in total. The predicted octanol–water partition coefficient (Wildman–Crippen LogP) is 4.43. The third kappa shape index (κ3) is 3.51. The summed E-state index contributed by atoms with van der Waals surface area (Å²) in [5.74, 6) is -0.987. The normalized spacial score (nSPS) is 11.3. The predicted molar refractivity (Wildman–Crippen MR) is 95.9 cm³/mol. The molecule has 0 aliphatic rings. The third-order valence-electron chi connectivity index (χ3n) is 4.15. The number of hydrogen-bond acceptors (Lipinski definition) is 4. The Morgan fingerprint density at radius 3 is 2.26 bits per heavy atom. The maximum Gasteiger partial charge on any atom is 0.192 e. The number of nitriles is 1. The molecule has 7 heteroatoms. The third-order valence-corrected chi connectivity index (χ3v) is 4.15. The van der Waals surface area contributed by atoms with E-state index in [1.165, 1.54) is 6.07 Å². The number of halogens is 2. The molecule has 0 amide bonds. The first-order chi connectivity index (χ1) is 12.9. The molecule has 0 atom stereocenters. The number of para-hydroxylation sites is 1. The van der Waals surface area contributed by atoms with E-state index in [2.05, 4.69) is 16.3 Å². The second-order valence-corrected chi connectivity index (χ2v) is 6.44. The summed E-state index contributed by atoms with van der Waals surface area (Å²) in [7, 11) is 0. The number of aromatic nitrogens is 3. The molecule has 0 unspecified atom stereocenters. The van der Waals surface area contributed by atoms with Crippen molar-refractivity contribution < 1.29 is 13.5 Å². The van der Waals surface area contributed by atoms with E-state index in [0.717, 1.165) is 17.7 Å². The second kappa shape index (κ2) is 7.16. The second-order valence-electron chi connectivity index (χ2n) is 6.44. The van der Waals surface area contributed by atoms with Crippen LogP contribution in [0.15, 0.2) is 42.5 Å². The molecular weight excluding hydrogens is 350 g/mol. The van der Waals surface area contributed by atoms with Gasteiger partial charge in [0.2, 0.25) is 0 Å². The average molecular weight is 368 g/mol. The molecule has 1 aromatic heterocycles. The van der Waals surface area contributed by atoms with Gasteiger partial charge >= 0.3 is 0 Å². The minimum Gasteiger partial charge on any atom is -0.474 e. The van der Waals surface area contributed by atoms with Crippen LogP contribution < -0.4 is 4.74 Å². The van der Waals surface area contributed by atoms with E-state index < -0.39 is 23.0 Å². The number of rotatable bonds is 5. The highest BCUT2D eigenvalue weighted by molar-refractivity contribution is 5.57. The summed E-state index contributed by atoms with van der Waals surface area (Å²) in [6.45, 7) is 5.80. The molecule has 3 rings (SSSR count). The van der Waals surface area contributed by atoms with E-state index in [-0.39, 0.29) is 0 Å². The first-order valence-electron chi connectivity index (χ1n) is 8.44. The molecule has 0 N–H and O–H groups in total. The van der Waals surface area contributed by atoms with Crippen LogP contribution >= 0.6 is 0 Å². The van der Waals surface area contributed by atoms with Crippen LogP contribution in [0.4, 0.5) is 8.78 Å². The van der Waals surface area contributed by atoms with E-state index in [1.807, 2.05) is 11.5 Å². The molecule has 138 valence electrons. The molecular formula is C20H18F2N4O. The molecule has 1 heterocycles. The van der Waals surface area contributed by atoms with Gasteiger partial charge in [-0.3, -0.25) is 0 Å². The fourth-order valence-electron chi connectivity index (χ4n) is 2.84. The summed E-state index contributed by atoms with van der Waals surface area (Å²) in [4.78, 5) is 0. The van der Waals surface area contributed by atoms with Crippen LogP contribution in [0.25, 0.3) is 11.4 Å². The Hall–Kier alpha value is -3.27. The van der Waals surface area contributed by atoms with Crippen LogP contribution in [0.2, 0.25) is 0 Å². The Kier molecular flexibility index (Phi) is 4.91. The lowest BCUT2D eigenvalue weighted by molar-refractivity contribution is 0.0827. The fraction of sp³-hybridized carbons (Fsp3) is 0.250. The topological polar surface area (TPSA) is 63.7 Å². The minimum absolute atomic E-state index is 0.437.